The highest BCUT2D eigenvalue weighted by molar-refractivity contribution is 6.06. The van der Waals surface area contributed by atoms with E-state index in [1.165, 1.54) is 4.90 Å². The van der Waals surface area contributed by atoms with Gasteiger partial charge in [-0.3, -0.25) is 24.5 Å². The normalized spacial score (nSPS) is 20.7. The lowest BCUT2D eigenvalue weighted by atomic mass is 9.95. The van der Waals surface area contributed by atoms with Crippen molar-refractivity contribution in [3.05, 3.63) is 53.1 Å². The van der Waals surface area contributed by atoms with Gasteiger partial charge in [-0.15, -0.1) is 0 Å². The Bertz CT molecular complexity index is 1110. The second-order valence-electron chi connectivity index (χ2n) is 7.55. The summed E-state index contributed by atoms with van der Waals surface area (Å²) in [6.45, 7) is 1.12. The largest absolute Gasteiger partial charge is 0.491 e. The van der Waals surface area contributed by atoms with E-state index < -0.39 is 11.9 Å². The van der Waals surface area contributed by atoms with E-state index in [9.17, 15) is 19.2 Å². The molecule has 2 aromatic rings. The summed E-state index contributed by atoms with van der Waals surface area (Å²) >= 11 is 0. The van der Waals surface area contributed by atoms with Crippen molar-refractivity contribution >= 4 is 23.6 Å². The Balaban J connectivity index is 1.51. The Kier molecular flexibility index (Phi) is 4.27. The number of nitrogens with zero attached hydrogens (tertiary/aromatic N) is 1. The summed E-state index contributed by atoms with van der Waals surface area (Å²) in [5.74, 6) is -0.627. The summed E-state index contributed by atoms with van der Waals surface area (Å²) in [5.41, 5.74) is 3.53. The van der Waals surface area contributed by atoms with Gasteiger partial charge >= 0.3 is 0 Å². The maximum atomic E-state index is 13.0. The molecule has 152 valence electrons. The maximum Gasteiger partial charge on any atom is 0.255 e. The third-order valence-corrected chi connectivity index (χ3v) is 5.76. The van der Waals surface area contributed by atoms with Crippen LogP contribution in [-0.2, 0) is 16.1 Å². The fraction of sp³-hybridized carbons (Fsp3) is 0.273. The van der Waals surface area contributed by atoms with Crippen LogP contribution in [0.15, 0.2) is 36.4 Å². The van der Waals surface area contributed by atoms with Gasteiger partial charge in [-0.1, -0.05) is 18.2 Å². The Labute approximate surface area is 172 Å². The van der Waals surface area contributed by atoms with Crippen LogP contribution in [0.1, 0.15) is 39.1 Å². The minimum Gasteiger partial charge on any atom is -0.491 e. The number of piperidine rings is 1. The topological polar surface area (TPSA) is 105 Å². The number of hydrogen-bond donors (Lipinski definition) is 2. The molecule has 5 rings (SSSR count). The van der Waals surface area contributed by atoms with Crippen molar-refractivity contribution < 1.29 is 23.9 Å². The lowest BCUT2D eigenvalue weighted by Gasteiger charge is -2.29. The predicted octanol–water partition coefficient (Wildman–Crippen LogP) is 1.24. The van der Waals surface area contributed by atoms with Crippen LogP contribution in [0, 0.1) is 0 Å². The molecule has 8 nitrogen and oxygen atoms in total. The van der Waals surface area contributed by atoms with Gasteiger partial charge in [0, 0.05) is 18.5 Å². The molecule has 0 aromatic heterocycles. The lowest BCUT2D eigenvalue weighted by Crippen LogP contribution is -2.52. The Hall–Kier alpha value is -3.68. The van der Waals surface area contributed by atoms with E-state index in [1.54, 1.807) is 18.2 Å². The van der Waals surface area contributed by atoms with E-state index >= 15 is 0 Å². The molecule has 3 aliphatic heterocycles. The number of fused-ring (bicyclic) bond motifs is 2. The summed E-state index contributed by atoms with van der Waals surface area (Å²) in [7, 11) is 0. The molecule has 3 aliphatic rings. The fourth-order valence-electron chi connectivity index (χ4n) is 4.27. The SMILES string of the molecule is O=C1CCC(N2Cc3c(cccc3-c3ccc4c(c3)OCCNC4=O)C2=O)C(=O)N1. The number of imide groups is 1. The van der Waals surface area contributed by atoms with Gasteiger partial charge in [-0.25, -0.2) is 0 Å². The maximum absolute atomic E-state index is 13.0. The number of benzene rings is 2. The van der Waals surface area contributed by atoms with Gasteiger partial charge in [0.25, 0.3) is 11.8 Å². The van der Waals surface area contributed by atoms with Crippen LogP contribution in [0.3, 0.4) is 0 Å². The van der Waals surface area contributed by atoms with Gasteiger partial charge < -0.3 is 15.0 Å². The Morgan fingerprint density at radius 3 is 2.67 bits per heavy atom. The number of carbonyl (C=O) groups excluding carboxylic acids is 4. The molecular formula is C22H19N3O5. The average Bonchev–Trinajstić information content (AvgIpc) is 2.95. The zero-order chi connectivity index (χ0) is 20.8. The second-order valence-corrected chi connectivity index (χ2v) is 7.55. The van der Waals surface area contributed by atoms with Crippen molar-refractivity contribution in [2.24, 2.45) is 0 Å². The highest BCUT2D eigenvalue weighted by atomic mass is 16.5. The molecule has 0 bridgehead atoms. The van der Waals surface area contributed by atoms with E-state index in [2.05, 4.69) is 10.6 Å². The van der Waals surface area contributed by atoms with Crippen LogP contribution >= 0.6 is 0 Å². The zero-order valence-corrected chi connectivity index (χ0v) is 16.1. The highest BCUT2D eigenvalue weighted by Crippen LogP contribution is 2.36. The number of carbonyl (C=O) groups is 4. The zero-order valence-electron chi connectivity index (χ0n) is 16.1. The Morgan fingerprint density at radius 2 is 1.83 bits per heavy atom. The fourth-order valence-corrected chi connectivity index (χ4v) is 4.27. The number of ether oxygens (including phenoxy) is 1. The first kappa shape index (κ1) is 18.4. The third-order valence-electron chi connectivity index (χ3n) is 5.76. The van der Waals surface area contributed by atoms with Crippen LogP contribution in [-0.4, -0.2) is 47.7 Å². The van der Waals surface area contributed by atoms with Gasteiger partial charge in [0.2, 0.25) is 11.8 Å². The quantitative estimate of drug-likeness (QED) is 0.732. The van der Waals surface area contributed by atoms with E-state index in [0.717, 1.165) is 16.7 Å². The van der Waals surface area contributed by atoms with Crippen molar-refractivity contribution in [1.29, 1.82) is 0 Å². The van der Waals surface area contributed by atoms with Crippen molar-refractivity contribution in [2.75, 3.05) is 13.2 Å². The summed E-state index contributed by atoms with van der Waals surface area (Å²) in [6, 6.07) is 10.2. The molecule has 3 heterocycles. The van der Waals surface area contributed by atoms with Crippen LogP contribution in [0.4, 0.5) is 0 Å². The molecule has 1 atom stereocenters. The molecular weight excluding hydrogens is 386 g/mol. The van der Waals surface area contributed by atoms with Crippen molar-refractivity contribution in [3.63, 3.8) is 0 Å². The first-order valence-electron chi connectivity index (χ1n) is 9.85. The standard InChI is InChI=1S/C22H19N3O5/c26-19-7-6-17(21(28)24-19)25-11-16-13(2-1-3-14(16)22(25)29)12-4-5-15-18(10-12)30-9-8-23-20(15)27/h1-5,10,17H,6-9,11H2,(H,23,27)(H,24,26,28). The molecule has 0 saturated carbocycles. The predicted molar refractivity (Wildman–Crippen MR) is 106 cm³/mol. The second kappa shape index (κ2) is 6.98. The minimum atomic E-state index is -0.658. The van der Waals surface area contributed by atoms with Gasteiger partial charge in [-0.2, -0.15) is 0 Å². The lowest BCUT2D eigenvalue weighted by molar-refractivity contribution is -0.136. The van der Waals surface area contributed by atoms with Gasteiger partial charge in [-0.05, 0) is 41.3 Å². The molecule has 0 spiro atoms. The van der Waals surface area contributed by atoms with E-state index in [1.807, 2.05) is 18.2 Å². The number of hydrogen-bond acceptors (Lipinski definition) is 5. The highest BCUT2D eigenvalue weighted by Gasteiger charge is 2.39. The first-order valence-corrected chi connectivity index (χ1v) is 9.85. The summed E-state index contributed by atoms with van der Waals surface area (Å²) in [6.07, 6.45) is 0.537. The van der Waals surface area contributed by atoms with Crippen molar-refractivity contribution in [2.45, 2.75) is 25.4 Å². The van der Waals surface area contributed by atoms with E-state index in [0.29, 0.717) is 36.4 Å². The smallest absolute Gasteiger partial charge is 0.255 e. The summed E-state index contributed by atoms with van der Waals surface area (Å²) < 4.78 is 5.72. The van der Waals surface area contributed by atoms with Gasteiger partial charge in [0.15, 0.2) is 0 Å². The molecule has 1 saturated heterocycles. The average molecular weight is 405 g/mol. The molecule has 30 heavy (non-hydrogen) atoms. The number of amides is 4. The Morgan fingerprint density at radius 1 is 1.00 bits per heavy atom. The number of rotatable bonds is 2. The molecule has 8 heteroatoms. The molecule has 2 aromatic carbocycles. The molecule has 1 fully saturated rings. The van der Waals surface area contributed by atoms with Crippen LogP contribution in [0.2, 0.25) is 0 Å². The first-order chi connectivity index (χ1) is 14.5. The van der Waals surface area contributed by atoms with E-state index in [4.69, 9.17) is 4.74 Å². The summed E-state index contributed by atoms with van der Waals surface area (Å²) in [5, 5.41) is 5.10. The molecule has 0 radical (unpaired) electrons. The molecule has 2 N–H and O–H groups in total. The number of nitrogens with one attached hydrogen (secondary N) is 2. The molecule has 1 unspecified atom stereocenters. The minimum absolute atomic E-state index is 0.174. The molecule has 0 aliphatic carbocycles. The van der Waals surface area contributed by atoms with Crippen molar-refractivity contribution in [3.8, 4) is 16.9 Å². The van der Waals surface area contributed by atoms with Gasteiger partial charge in [0.05, 0.1) is 12.1 Å². The monoisotopic (exact) mass is 405 g/mol. The van der Waals surface area contributed by atoms with Crippen LogP contribution in [0.5, 0.6) is 5.75 Å². The third kappa shape index (κ3) is 2.92. The van der Waals surface area contributed by atoms with Gasteiger partial charge in [0.1, 0.15) is 18.4 Å². The van der Waals surface area contributed by atoms with Crippen LogP contribution < -0.4 is 15.4 Å². The van der Waals surface area contributed by atoms with E-state index in [-0.39, 0.29) is 30.7 Å². The van der Waals surface area contributed by atoms with Crippen molar-refractivity contribution in [1.82, 2.24) is 15.5 Å². The molecule has 4 amide bonds. The van der Waals surface area contributed by atoms with Crippen LogP contribution in [0.25, 0.3) is 11.1 Å². The summed E-state index contributed by atoms with van der Waals surface area (Å²) in [4.78, 5) is 50.4.